The van der Waals surface area contributed by atoms with E-state index in [2.05, 4.69) is 5.16 Å². The zero-order valence-electron chi connectivity index (χ0n) is 13.6. The zero-order valence-corrected chi connectivity index (χ0v) is 13.6. The maximum absolute atomic E-state index is 11.9. The predicted molar refractivity (Wildman–Crippen MR) is 87.8 cm³/mol. The van der Waals surface area contributed by atoms with Crippen LogP contribution in [0.4, 0.5) is 0 Å². The molecule has 8 nitrogen and oxygen atoms in total. The molecule has 0 aromatic heterocycles. The molecule has 0 aliphatic carbocycles. The highest BCUT2D eigenvalue weighted by molar-refractivity contribution is 5.89. The number of ether oxygens (including phenoxy) is 1. The molecule has 8 heteroatoms. The molecule has 0 bridgehead atoms. The highest BCUT2D eigenvalue weighted by Crippen LogP contribution is 2.06. The first-order valence-electron chi connectivity index (χ1n) is 7.60. The molecule has 132 valence electrons. The van der Waals surface area contributed by atoms with Crippen molar-refractivity contribution >= 4 is 17.8 Å². The van der Waals surface area contributed by atoms with E-state index in [1.54, 1.807) is 42.2 Å². The second kappa shape index (κ2) is 10.2. The van der Waals surface area contributed by atoms with Crippen LogP contribution in [0.15, 0.2) is 35.5 Å². The van der Waals surface area contributed by atoms with Crippen molar-refractivity contribution in [1.29, 1.82) is 0 Å². The number of benzene rings is 1. The fourth-order valence-electron chi connectivity index (χ4n) is 1.97. The molecule has 24 heavy (non-hydrogen) atoms. The number of aliphatic carboxylic acids is 1. The molecule has 0 aliphatic heterocycles. The SMILES string of the molecule is C/C(=N\O)N(CCCC[C@H](N)C(=O)O)COC(=O)c1ccccc1. The van der Waals surface area contributed by atoms with Gasteiger partial charge in [-0.05, 0) is 38.3 Å². The summed E-state index contributed by atoms with van der Waals surface area (Å²) in [7, 11) is 0. The van der Waals surface area contributed by atoms with E-state index in [-0.39, 0.29) is 6.73 Å². The Bertz CT molecular complexity index is 562. The average molecular weight is 337 g/mol. The third-order valence-electron chi connectivity index (χ3n) is 3.47. The number of carbonyl (C=O) groups excluding carboxylic acids is 1. The summed E-state index contributed by atoms with van der Waals surface area (Å²) in [6, 6.07) is 7.68. The van der Waals surface area contributed by atoms with Gasteiger partial charge in [0.25, 0.3) is 0 Å². The standard InChI is InChI=1S/C16H23N3O5/c1-12(18-23)19(10-6-5-9-14(17)15(20)21)11-24-16(22)13-7-3-2-4-8-13/h2-4,7-8,14,23H,5-6,9-11,17H2,1H3,(H,20,21)/b18-12+/t14-/m0/s1. The lowest BCUT2D eigenvalue weighted by molar-refractivity contribution is -0.138. The van der Waals surface area contributed by atoms with Gasteiger partial charge in [-0.1, -0.05) is 23.4 Å². The molecule has 1 atom stereocenters. The number of nitrogens with zero attached hydrogens (tertiary/aromatic N) is 2. The molecule has 1 aromatic rings. The number of amidine groups is 1. The summed E-state index contributed by atoms with van der Waals surface area (Å²) in [5.74, 6) is -1.20. The Kier molecular flexibility index (Phi) is 8.28. The van der Waals surface area contributed by atoms with Crippen LogP contribution in [0.1, 0.15) is 36.5 Å². The van der Waals surface area contributed by atoms with Crippen molar-refractivity contribution in [1.82, 2.24) is 4.90 Å². The Balaban J connectivity index is 2.45. The van der Waals surface area contributed by atoms with Gasteiger partial charge in [-0.15, -0.1) is 0 Å². The van der Waals surface area contributed by atoms with E-state index < -0.39 is 18.0 Å². The molecular weight excluding hydrogens is 314 g/mol. The van der Waals surface area contributed by atoms with Gasteiger partial charge in [-0.3, -0.25) is 4.79 Å². The molecule has 0 spiro atoms. The first-order chi connectivity index (χ1) is 11.5. The molecule has 0 saturated heterocycles. The normalized spacial score (nSPS) is 12.5. The maximum atomic E-state index is 11.9. The Morgan fingerprint density at radius 2 is 1.96 bits per heavy atom. The van der Waals surface area contributed by atoms with Crippen LogP contribution in [0.5, 0.6) is 0 Å². The summed E-state index contributed by atoms with van der Waals surface area (Å²) in [6.07, 6.45) is 1.56. The van der Waals surface area contributed by atoms with Gasteiger partial charge in [-0.25, -0.2) is 4.79 Å². The number of carbonyl (C=O) groups is 2. The molecule has 0 radical (unpaired) electrons. The number of unbranched alkanes of at least 4 members (excludes halogenated alkanes) is 1. The van der Waals surface area contributed by atoms with E-state index in [1.807, 2.05) is 0 Å². The summed E-state index contributed by atoms with van der Waals surface area (Å²) in [5, 5.41) is 20.8. The third kappa shape index (κ3) is 6.66. The Morgan fingerprint density at radius 1 is 1.29 bits per heavy atom. The zero-order chi connectivity index (χ0) is 17.9. The third-order valence-corrected chi connectivity index (χ3v) is 3.47. The number of carboxylic acids is 1. The monoisotopic (exact) mass is 337 g/mol. The van der Waals surface area contributed by atoms with Gasteiger partial charge in [0.15, 0.2) is 6.73 Å². The van der Waals surface area contributed by atoms with Gasteiger partial charge in [0.2, 0.25) is 0 Å². The first kappa shape index (κ1) is 19.4. The minimum absolute atomic E-state index is 0.0609. The van der Waals surface area contributed by atoms with Crippen LogP contribution in [0.25, 0.3) is 0 Å². The van der Waals surface area contributed by atoms with Crippen LogP contribution in [0.2, 0.25) is 0 Å². The summed E-state index contributed by atoms with van der Waals surface area (Å²) in [6.45, 7) is 1.97. The quantitative estimate of drug-likeness (QED) is 0.119. The van der Waals surface area contributed by atoms with Crippen molar-refractivity contribution in [3.8, 4) is 0 Å². The van der Waals surface area contributed by atoms with Crippen molar-refractivity contribution in [3.05, 3.63) is 35.9 Å². The summed E-state index contributed by atoms with van der Waals surface area (Å²) >= 11 is 0. The fourth-order valence-corrected chi connectivity index (χ4v) is 1.97. The number of esters is 1. The summed E-state index contributed by atoms with van der Waals surface area (Å²) in [4.78, 5) is 24.2. The fraction of sp³-hybridized carbons (Fsp3) is 0.438. The summed E-state index contributed by atoms with van der Waals surface area (Å²) in [5.41, 5.74) is 5.87. The van der Waals surface area contributed by atoms with Crippen LogP contribution < -0.4 is 5.73 Å². The molecular formula is C16H23N3O5. The maximum Gasteiger partial charge on any atom is 0.339 e. The predicted octanol–water partition coefficient (Wildman–Crippen LogP) is 1.49. The van der Waals surface area contributed by atoms with Gasteiger partial charge in [0.05, 0.1) is 5.56 Å². The Hall–Kier alpha value is -2.61. The lowest BCUT2D eigenvalue weighted by Crippen LogP contribution is -2.34. The van der Waals surface area contributed by atoms with Crippen molar-refractivity contribution in [2.75, 3.05) is 13.3 Å². The van der Waals surface area contributed by atoms with Crippen LogP contribution in [0, 0.1) is 0 Å². The van der Waals surface area contributed by atoms with Crippen molar-refractivity contribution in [2.45, 2.75) is 32.2 Å². The topological polar surface area (TPSA) is 125 Å². The van der Waals surface area contributed by atoms with Crippen LogP contribution >= 0.6 is 0 Å². The molecule has 1 rings (SSSR count). The van der Waals surface area contributed by atoms with Gasteiger partial charge in [-0.2, -0.15) is 0 Å². The van der Waals surface area contributed by atoms with Crippen LogP contribution in [-0.4, -0.2) is 52.3 Å². The summed E-state index contributed by atoms with van der Waals surface area (Å²) < 4.78 is 5.21. The minimum atomic E-state index is -1.03. The number of hydrogen-bond donors (Lipinski definition) is 3. The van der Waals surface area contributed by atoms with Gasteiger partial charge in [0, 0.05) is 6.54 Å². The molecule has 1 aromatic carbocycles. The molecule has 0 heterocycles. The Labute approximate surface area is 140 Å². The largest absolute Gasteiger partial charge is 0.480 e. The van der Waals surface area contributed by atoms with Crippen molar-refractivity contribution in [3.63, 3.8) is 0 Å². The highest BCUT2D eigenvalue weighted by Gasteiger charge is 2.14. The molecule has 4 N–H and O–H groups in total. The van der Waals surface area contributed by atoms with E-state index in [0.29, 0.717) is 37.2 Å². The number of hydrogen-bond acceptors (Lipinski definition) is 6. The van der Waals surface area contributed by atoms with Crippen molar-refractivity contribution < 1.29 is 24.6 Å². The second-order valence-electron chi connectivity index (χ2n) is 5.28. The van der Waals surface area contributed by atoms with E-state index in [0.717, 1.165) is 0 Å². The number of carboxylic acid groups (broad SMARTS) is 1. The average Bonchev–Trinajstić information content (AvgIpc) is 2.60. The van der Waals surface area contributed by atoms with E-state index in [1.165, 1.54) is 0 Å². The van der Waals surface area contributed by atoms with Crippen molar-refractivity contribution in [2.24, 2.45) is 10.9 Å². The highest BCUT2D eigenvalue weighted by atomic mass is 16.5. The molecule has 0 amide bonds. The van der Waals surface area contributed by atoms with E-state index in [9.17, 15) is 9.59 Å². The molecule has 0 aliphatic rings. The van der Waals surface area contributed by atoms with Crippen LogP contribution in [0.3, 0.4) is 0 Å². The first-order valence-corrected chi connectivity index (χ1v) is 7.60. The van der Waals surface area contributed by atoms with E-state index >= 15 is 0 Å². The number of rotatable bonds is 9. The molecule has 0 saturated carbocycles. The second-order valence-corrected chi connectivity index (χ2v) is 5.28. The van der Waals surface area contributed by atoms with E-state index in [4.69, 9.17) is 20.8 Å². The lowest BCUT2D eigenvalue weighted by atomic mass is 10.1. The smallest absolute Gasteiger partial charge is 0.339 e. The molecule has 0 unspecified atom stereocenters. The van der Waals surface area contributed by atoms with Gasteiger partial charge < -0.3 is 25.7 Å². The lowest BCUT2D eigenvalue weighted by Gasteiger charge is -2.22. The Morgan fingerprint density at radius 3 is 2.54 bits per heavy atom. The number of nitrogens with two attached hydrogens (primary N) is 1. The number of oxime groups is 1. The van der Waals surface area contributed by atoms with Crippen LogP contribution in [-0.2, 0) is 9.53 Å². The van der Waals surface area contributed by atoms with Gasteiger partial charge >= 0.3 is 11.9 Å². The molecule has 0 fully saturated rings. The van der Waals surface area contributed by atoms with Gasteiger partial charge in [0.1, 0.15) is 11.9 Å². The minimum Gasteiger partial charge on any atom is -0.480 e.